The second-order valence-corrected chi connectivity index (χ2v) is 6.18. The molecule has 0 saturated carbocycles. The van der Waals surface area contributed by atoms with Crippen LogP contribution in [0.1, 0.15) is 37.3 Å². The summed E-state index contributed by atoms with van der Waals surface area (Å²) in [6.45, 7) is 3.47. The number of likely N-dealkylation sites (tertiary alicyclic amines) is 1. The zero-order valence-electron chi connectivity index (χ0n) is 12.5. The Morgan fingerprint density at radius 1 is 1.24 bits per heavy atom. The topological polar surface area (TPSA) is 49.4 Å². The van der Waals surface area contributed by atoms with Crippen molar-refractivity contribution in [2.24, 2.45) is 5.92 Å². The molecule has 0 atom stereocenters. The fourth-order valence-electron chi connectivity index (χ4n) is 3.30. The van der Waals surface area contributed by atoms with Gasteiger partial charge in [0.25, 0.3) is 0 Å². The number of carbonyl (C=O) groups excluding carboxylic acids is 2. The summed E-state index contributed by atoms with van der Waals surface area (Å²) >= 11 is 0. The van der Waals surface area contributed by atoms with E-state index in [2.05, 4.69) is 23.5 Å². The van der Waals surface area contributed by atoms with E-state index in [1.165, 1.54) is 21.7 Å². The van der Waals surface area contributed by atoms with Crippen molar-refractivity contribution in [1.82, 2.24) is 4.90 Å². The van der Waals surface area contributed by atoms with Crippen LogP contribution in [-0.2, 0) is 22.4 Å². The van der Waals surface area contributed by atoms with Crippen molar-refractivity contribution < 1.29 is 9.59 Å². The number of anilines is 1. The molecule has 3 rings (SSSR count). The smallest absolute Gasteiger partial charge is 0.229 e. The van der Waals surface area contributed by atoms with E-state index in [9.17, 15) is 9.59 Å². The molecule has 0 radical (unpaired) electrons. The highest BCUT2D eigenvalue weighted by Gasteiger charge is 2.30. The van der Waals surface area contributed by atoms with Crippen LogP contribution in [0.2, 0.25) is 0 Å². The summed E-state index contributed by atoms with van der Waals surface area (Å²) in [6, 6.07) is 6.33. The van der Waals surface area contributed by atoms with E-state index in [1.807, 2.05) is 6.92 Å². The van der Waals surface area contributed by atoms with Crippen molar-refractivity contribution in [3.63, 3.8) is 0 Å². The molecule has 0 aliphatic carbocycles. The van der Waals surface area contributed by atoms with Gasteiger partial charge in [0.15, 0.2) is 0 Å². The van der Waals surface area contributed by atoms with Gasteiger partial charge in [-0.25, -0.2) is 0 Å². The molecule has 1 saturated heterocycles. The molecule has 2 aliphatic rings. The maximum atomic E-state index is 12.0. The Balaban J connectivity index is 1.70. The predicted molar refractivity (Wildman–Crippen MR) is 82.1 cm³/mol. The Bertz CT molecular complexity index is 550. The van der Waals surface area contributed by atoms with Gasteiger partial charge in [-0.05, 0) is 36.3 Å². The van der Waals surface area contributed by atoms with Crippen molar-refractivity contribution in [3.8, 4) is 0 Å². The van der Waals surface area contributed by atoms with Crippen LogP contribution < -0.4 is 5.32 Å². The number of rotatable bonds is 3. The number of piperidine rings is 1. The number of aryl methyl sites for hydroxylation is 1. The monoisotopic (exact) mass is 286 g/mol. The molecule has 1 aromatic rings. The van der Waals surface area contributed by atoms with E-state index in [1.54, 1.807) is 0 Å². The average molecular weight is 286 g/mol. The van der Waals surface area contributed by atoms with Gasteiger partial charge in [0.05, 0.1) is 0 Å². The van der Waals surface area contributed by atoms with E-state index < -0.39 is 0 Å². The molecule has 1 fully saturated rings. The van der Waals surface area contributed by atoms with Gasteiger partial charge in [0, 0.05) is 31.6 Å². The fourth-order valence-corrected chi connectivity index (χ4v) is 3.30. The number of nitrogens with one attached hydrogen (secondary N) is 1. The second-order valence-electron chi connectivity index (χ2n) is 6.18. The Morgan fingerprint density at radius 3 is 2.76 bits per heavy atom. The first kappa shape index (κ1) is 14.1. The maximum Gasteiger partial charge on any atom is 0.229 e. The number of benzene rings is 1. The van der Waals surface area contributed by atoms with Crippen molar-refractivity contribution in [2.45, 2.75) is 39.0 Å². The van der Waals surface area contributed by atoms with Gasteiger partial charge in [-0.3, -0.25) is 14.5 Å². The third kappa shape index (κ3) is 2.94. The van der Waals surface area contributed by atoms with Crippen LogP contribution in [0.3, 0.4) is 0 Å². The average Bonchev–Trinajstić information content (AvgIpc) is 2.46. The summed E-state index contributed by atoms with van der Waals surface area (Å²) in [4.78, 5) is 25.5. The van der Waals surface area contributed by atoms with Crippen LogP contribution in [-0.4, -0.2) is 29.8 Å². The minimum absolute atomic E-state index is 0.0171. The van der Waals surface area contributed by atoms with Gasteiger partial charge in [-0.1, -0.05) is 25.1 Å². The lowest BCUT2D eigenvalue weighted by Gasteiger charge is -2.29. The highest BCUT2D eigenvalue weighted by Crippen LogP contribution is 2.27. The summed E-state index contributed by atoms with van der Waals surface area (Å²) in [5.41, 5.74) is 3.78. The van der Waals surface area contributed by atoms with E-state index in [0.29, 0.717) is 19.4 Å². The van der Waals surface area contributed by atoms with Crippen LogP contribution in [0, 0.1) is 5.92 Å². The lowest BCUT2D eigenvalue weighted by molar-refractivity contribution is -0.149. The molecule has 21 heavy (non-hydrogen) atoms. The quantitative estimate of drug-likeness (QED) is 0.868. The van der Waals surface area contributed by atoms with Crippen LogP contribution in [0.5, 0.6) is 0 Å². The van der Waals surface area contributed by atoms with Gasteiger partial charge in [0.1, 0.15) is 0 Å². The van der Waals surface area contributed by atoms with E-state index in [0.717, 1.165) is 25.8 Å². The zero-order chi connectivity index (χ0) is 14.8. The molecule has 112 valence electrons. The number of amides is 2. The third-order valence-corrected chi connectivity index (χ3v) is 4.41. The van der Waals surface area contributed by atoms with Crippen LogP contribution >= 0.6 is 0 Å². The lowest BCUT2D eigenvalue weighted by atomic mass is 9.96. The largest absolute Gasteiger partial charge is 0.385 e. The first-order valence-corrected chi connectivity index (χ1v) is 7.83. The number of imide groups is 1. The Hall–Kier alpha value is -1.84. The van der Waals surface area contributed by atoms with Crippen LogP contribution in [0.15, 0.2) is 18.2 Å². The summed E-state index contributed by atoms with van der Waals surface area (Å²) in [7, 11) is 0. The summed E-state index contributed by atoms with van der Waals surface area (Å²) in [5, 5.41) is 3.46. The third-order valence-electron chi connectivity index (χ3n) is 4.41. The molecule has 0 aromatic heterocycles. The lowest BCUT2D eigenvalue weighted by Crippen LogP contribution is -2.43. The number of fused-ring (bicyclic) bond motifs is 1. The highest BCUT2D eigenvalue weighted by atomic mass is 16.2. The Kier molecular flexibility index (Phi) is 3.95. The summed E-state index contributed by atoms with van der Waals surface area (Å²) in [5.74, 6) is 0.153. The van der Waals surface area contributed by atoms with Gasteiger partial charge in [0.2, 0.25) is 11.8 Å². The predicted octanol–water partition coefficient (Wildman–Crippen LogP) is 2.37. The molecule has 2 amide bonds. The Labute approximate surface area is 125 Å². The maximum absolute atomic E-state index is 12.0. The van der Waals surface area contributed by atoms with E-state index in [4.69, 9.17) is 0 Å². The molecule has 2 aliphatic heterocycles. The van der Waals surface area contributed by atoms with Gasteiger partial charge in [-0.2, -0.15) is 0 Å². The van der Waals surface area contributed by atoms with Crippen molar-refractivity contribution in [3.05, 3.63) is 29.3 Å². The van der Waals surface area contributed by atoms with Crippen LogP contribution in [0.25, 0.3) is 0 Å². The molecule has 0 spiro atoms. The zero-order valence-corrected chi connectivity index (χ0v) is 12.5. The van der Waals surface area contributed by atoms with Gasteiger partial charge >= 0.3 is 0 Å². The molecule has 1 N–H and O–H groups in total. The highest BCUT2D eigenvalue weighted by molar-refractivity contribution is 5.97. The number of carbonyl (C=O) groups is 2. The molecule has 2 heterocycles. The standard InChI is InChI=1S/C17H22N2O2/c1-12-10-15(20)19(16(21)11-12)9-7-14-5-2-4-13-6-3-8-18-17(13)14/h2,4-5,12,18H,3,6-11H2,1H3. The Morgan fingerprint density at radius 2 is 2.00 bits per heavy atom. The molecule has 4 nitrogen and oxygen atoms in total. The van der Waals surface area contributed by atoms with Crippen molar-refractivity contribution in [1.29, 1.82) is 0 Å². The van der Waals surface area contributed by atoms with Gasteiger partial charge in [-0.15, -0.1) is 0 Å². The first-order valence-electron chi connectivity index (χ1n) is 7.83. The number of nitrogens with zero attached hydrogens (tertiary/aromatic N) is 1. The molecule has 0 unspecified atom stereocenters. The molecular formula is C17H22N2O2. The van der Waals surface area contributed by atoms with Crippen LogP contribution in [0.4, 0.5) is 5.69 Å². The number of para-hydroxylation sites is 1. The molecular weight excluding hydrogens is 264 g/mol. The molecule has 0 bridgehead atoms. The normalized spacial score (nSPS) is 19.4. The van der Waals surface area contributed by atoms with Crippen molar-refractivity contribution in [2.75, 3.05) is 18.4 Å². The van der Waals surface area contributed by atoms with Crippen molar-refractivity contribution >= 4 is 17.5 Å². The number of hydrogen-bond donors (Lipinski definition) is 1. The van der Waals surface area contributed by atoms with E-state index in [-0.39, 0.29) is 17.7 Å². The summed E-state index contributed by atoms with van der Waals surface area (Å²) in [6.07, 6.45) is 4.00. The molecule has 4 heteroatoms. The molecule has 1 aromatic carbocycles. The minimum atomic E-state index is -0.0171. The van der Waals surface area contributed by atoms with Gasteiger partial charge < -0.3 is 5.32 Å². The fraction of sp³-hybridized carbons (Fsp3) is 0.529. The second kappa shape index (κ2) is 5.88. The minimum Gasteiger partial charge on any atom is -0.385 e. The first-order chi connectivity index (χ1) is 10.1. The van der Waals surface area contributed by atoms with E-state index >= 15 is 0 Å². The summed E-state index contributed by atoms with van der Waals surface area (Å²) < 4.78 is 0. The number of hydrogen-bond acceptors (Lipinski definition) is 3. The SMILES string of the molecule is CC1CC(=O)N(CCc2cccc3c2NCCC3)C(=O)C1.